The first kappa shape index (κ1) is 13.1. The monoisotopic (exact) mass is 206 g/mol. The molecule has 1 unspecified atom stereocenters. The van der Waals surface area contributed by atoms with Crippen molar-refractivity contribution in [1.29, 1.82) is 0 Å². The van der Waals surface area contributed by atoms with Crippen LogP contribution in [0.5, 0.6) is 0 Å². The van der Waals surface area contributed by atoms with Crippen molar-refractivity contribution in [1.82, 2.24) is 0 Å². The van der Waals surface area contributed by atoms with Crippen molar-refractivity contribution in [2.24, 2.45) is 5.92 Å². The molecule has 0 rings (SSSR count). The Morgan fingerprint density at radius 1 is 1.08 bits per heavy atom. The Morgan fingerprint density at radius 3 is 1.85 bits per heavy atom. The van der Waals surface area contributed by atoms with E-state index in [1.165, 1.54) is 6.42 Å². The highest BCUT2D eigenvalue weighted by Crippen LogP contribution is 2.20. The van der Waals surface area contributed by atoms with Crippen LogP contribution in [0.2, 0.25) is 6.04 Å². The predicted octanol–water partition coefficient (Wildman–Crippen LogP) is 2.30. The maximum atomic E-state index is 5.33. The Morgan fingerprint density at radius 2 is 1.54 bits per heavy atom. The van der Waals surface area contributed by atoms with Crippen molar-refractivity contribution in [2.75, 3.05) is 21.3 Å². The van der Waals surface area contributed by atoms with Gasteiger partial charge in [-0.15, -0.1) is 0 Å². The summed E-state index contributed by atoms with van der Waals surface area (Å²) in [7, 11) is 2.69. The molecule has 0 radical (unpaired) electrons. The second-order valence-electron chi connectivity index (χ2n) is 3.35. The molecule has 0 fully saturated rings. The van der Waals surface area contributed by atoms with Crippen molar-refractivity contribution >= 4 is 8.80 Å². The lowest BCUT2D eigenvalue weighted by atomic mass is 10.1. The minimum Gasteiger partial charge on any atom is -0.377 e. The summed E-state index contributed by atoms with van der Waals surface area (Å²) in [5.74, 6) is 0.715. The van der Waals surface area contributed by atoms with Gasteiger partial charge in [-0.05, 0) is 12.3 Å². The molecular weight excluding hydrogens is 184 g/mol. The smallest absolute Gasteiger partial charge is 0.377 e. The Labute approximate surface area is 82.8 Å². The standard InChI is InChI=1S/C9H22O3Si/c1-6-9(2)7-8-13(10-3,11-4)12-5/h9H,6-8H2,1-5H3. The van der Waals surface area contributed by atoms with Gasteiger partial charge < -0.3 is 13.3 Å². The number of hydrogen-bond acceptors (Lipinski definition) is 3. The lowest BCUT2D eigenvalue weighted by Gasteiger charge is -2.25. The zero-order valence-electron chi connectivity index (χ0n) is 9.42. The van der Waals surface area contributed by atoms with E-state index in [1.807, 2.05) is 0 Å². The van der Waals surface area contributed by atoms with Gasteiger partial charge in [-0.3, -0.25) is 0 Å². The molecule has 0 saturated heterocycles. The molecule has 3 nitrogen and oxygen atoms in total. The summed E-state index contributed by atoms with van der Waals surface area (Å²) >= 11 is 0. The fraction of sp³-hybridized carbons (Fsp3) is 1.00. The van der Waals surface area contributed by atoms with Crippen molar-refractivity contribution in [3.05, 3.63) is 0 Å². The van der Waals surface area contributed by atoms with E-state index >= 15 is 0 Å². The van der Waals surface area contributed by atoms with Crippen molar-refractivity contribution < 1.29 is 13.3 Å². The quantitative estimate of drug-likeness (QED) is 0.598. The number of hydrogen-bond donors (Lipinski definition) is 0. The first-order chi connectivity index (χ1) is 6.14. The van der Waals surface area contributed by atoms with Crippen LogP contribution in [0.3, 0.4) is 0 Å². The summed E-state index contributed by atoms with van der Waals surface area (Å²) in [5.41, 5.74) is 0. The van der Waals surface area contributed by atoms with Gasteiger partial charge in [0, 0.05) is 27.4 Å². The first-order valence-electron chi connectivity index (χ1n) is 4.79. The molecule has 80 valence electrons. The Hall–Kier alpha value is 0.0969. The number of rotatable bonds is 7. The van der Waals surface area contributed by atoms with Crippen LogP contribution in [0.25, 0.3) is 0 Å². The molecule has 0 amide bonds. The van der Waals surface area contributed by atoms with Crippen LogP contribution in [-0.4, -0.2) is 30.1 Å². The van der Waals surface area contributed by atoms with Gasteiger partial charge in [0.2, 0.25) is 0 Å². The fourth-order valence-electron chi connectivity index (χ4n) is 1.18. The molecule has 0 saturated carbocycles. The van der Waals surface area contributed by atoms with Crippen molar-refractivity contribution in [3.63, 3.8) is 0 Å². The summed E-state index contributed by atoms with van der Waals surface area (Å²) < 4.78 is 16.0. The zero-order chi connectivity index (χ0) is 10.3. The van der Waals surface area contributed by atoms with E-state index in [1.54, 1.807) is 21.3 Å². The SMILES string of the molecule is CCC(C)CC[Si](OC)(OC)OC. The largest absolute Gasteiger partial charge is 0.500 e. The Bertz CT molecular complexity index is 118. The van der Waals surface area contributed by atoms with E-state index < -0.39 is 8.80 Å². The molecule has 13 heavy (non-hydrogen) atoms. The Balaban J connectivity index is 3.95. The molecule has 0 aromatic heterocycles. The highest BCUT2D eigenvalue weighted by Gasteiger charge is 2.37. The van der Waals surface area contributed by atoms with Crippen LogP contribution >= 0.6 is 0 Å². The van der Waals surface area contributed by atoms with Crippen molar-refractivity contribution in [3.8, 4) is 0 Å². The summed E-state index contributed by atoms with van der Waals surface area (Å²) in [6.45, 7) is 4.43. The summed E-state index contributed by atoms with van der Waals surface area (Å²) in [6.07, 6.45) is 2.31. The molecule has 0 heterocycles. The average Bonchev–Trinajstić information content (AvgIpc) is 2.20. The first-order valence-corrected chi connectivity index (χ1v) is 6.72. The summed E-state index contributed by atoms with van der Waals surface area (Å²) in [5, 5.41) is 0. The molecule has 4 heteroatoms. The van der Waals surface area contributed by atoms with Gasteiger partial charge in [-0.1, -0.05) is 20.3 Å². The molecule has 0 aliphatic heterocycles. The molecule has 0 aliphatic rings. The van der Waals surface area contributed by atoms with Gasteiger partial charge in [0.15, 0.2) is 0 Å². The molecular formula is C9H22O3Si. The average molecular weight is 206 g/mol. The van der Waals surface area contributed by atoms with Crippen molar-refractivity contribution in [2.45, 2.75) is 32.7 Å². The van der Waals surface area contributed by atoms with Gasteiger partial charge in [-0.25, -0.2) is 0 Å². The summed E-state index contributed by atoms with van der Waals surface area (Å²) in [4.78, 5) is 0. The minimum atomic E-state index is -2.30. The van der Waals surface area contributed by atoms with E-state index in [9.17, 15) is 0 Å². The van der Waals surface area contributed by atoms with E-state index in [0.717, 1.165) is 12.5 Å². The van der Waals surface area contributed by atoms with Gasteiger partial charge in [-0.2, -0.15) is 0 Å². The molecule has 0 spiro atoms. The minimum absolute atomic E-state index is 0.715. The third-order valence-corrected chi connectivity index (χ3v) is 5.34. The van der Waals surface area contributed by atoms with E-state index in [2.05, 4.69) is 13.8 Å². The maximum Gasteiger partial charge on any atom is 0.500 e. The van der Waals surface area contributed by atoms with E-state index in [-0.39, 0.29) is 0 Å². The Kier molecular flexibility index (Phi) is 6.58. The van der Waals surface area contributed by atoms with Crippen LogP contribution in [0, 0.1) is 5.92 Å². The highest BCUT2D eigenvalue weighted by molar-refractivity contribution is 6.60. The highest BCUT2D eigenvalue weighted by atomic mass is 28.4. The fourth-order valence-corrected chi connectivity index (χ4v) is 3.14. The van der Waals surface area contributed by atoms with Crippen LogP contribution in [-0.2, 0) is 13.3 Å². The molecule has 0 aliphatic carbocycles. The van der Waals surface area contributed by atoms with Gasteiger partial charge >= 0.3 is 8.80 Å². The van der Waals surface area contributed by atoms with Gasteiger partial charge in [0.25, 0.3) is 0 Å². The summed E-state index contributed by atoms with van der Waals surface area (Å²) in [6, 6.07) is 0.908. The molecule has 0 N–H and O–H groups in total. The molecule has 0 aromatic carbocycles. The lowest BCUT2D eigenvalue weighted by molar-refractivity contribution is 0.121. The molecule has 0 bridgehead atoms. The van der Waals surface area contributed by atoms with E-state index in [0.29, 0.717) is 5.92 Å². The van der Waals surface area contributed by atoms with Crippen LogP contribution < -0.4 is 0 Å². The normalized spacial score (nSPS) is 14.5. The van der Waals surface area contributed by atoms with Gasteiger partial charge in [0.1, 0.15) is 0 Å². The second-order valence-corrected chi connectivity index (χ2v) is 6.44. The second kappa shape index (κ2) is 6.54. The predicted molar refractivity (Wildman–Crippen MR) is 55.7 cm³/mol. The van der Waals surface area contributed by atoms with Crippen LogP contribution in [0.4, 0.5) is 0 Å². The lowest BCUT2D eigenvalue weighted by Crippen LogP contribution is -2.42. The molecule has 1 atom stereocenters. The van der Waals surface area contributed by atoms with Gasteiger partial charge in [0.05, 0.1) is 0 Å². The van der Waals surface area contributed by atoms with Crippen LogP contribution in [0.15, 0.2) is 0 Å². The third-order valence-electron chi connectivity index (χ3n) is 2.57. The topological polar surface area (TPSA) is 27.7 Å². The van der Waals surface area contributed by atoms with E-state index in [4.69, 9.17) is 13.3 Å². The van der Waals surface area contributed by atoms with Crippen LogP contribution in [0.1, 0.15) is 26.7 Å². The maximum absolute atomic E-state index is 5.33. The zero-order valence-corrected chi connectivity index (χ0v) is 10.4. The molecule has 0 aromatic rings. The third kappa shape index (κ3) is 4.22.